The molecule has 0 saturated carbocycles. The van der Waals surface area contributed by atoms with Gasteiger partial charge in [0.25, 0.3) is 5.56 Å². The van der Waals surface area contributed by atoms with Gasteiger partial charge in [-0.1, -0.05) is 12.1 Å². The van der Waals surface area contributed by atoms with E-state index in [0.717, 1.165) is 16.3 Å². The third-order valence-electron chi connectivity index (χ3n) is 2.21. The van der Waals surface area contributed by atoms with E-state index in [-0.39, 0.29) is 5.56 Å². The highest BCUT2D eigenvalue weighted by Gasteiger charge is 2.01. The van der Waals surface area contributed by atoms with E-state index >= 15 is 0 Å². The van der Waals surface area contributed by atoms with Crippen molar-refractivity contribution in [2.75, 3.05) is 0 Å². The molecule has 2 aromatic rings. The molecular weight excluding hydrogens is 164 g/mol. The molecule has 0 bridgehead atoms. The largest absolute Gasteiger partial charge is 0.274 e. The summed E-state index contributed by atoms with van der Waals surface area (Å²) >= 11 is 0. The Balaban J connectivity index is 3.03. The number of hydrogen-bond acceptors (Lipinski definition) is 2. The standard InChI is InChI=1S/C10H10N2O/c1-7-4-3-5-8-9(7)6-11-12(2)10(8)13/h3-6H,1-2H3. The van der Waals surface area contributed by atoms with Crippen molar-refractivity contribution >= 4 is 10.8 Å². The van der Waals surface area contributed by atoms with Gasteiger partial charge in [-0.15, -0.1) is 0 Å². The predicted octanol–water partition coefficient (Wildman–Crippen LogP) is 1.24. The van der Waals surface area contributed by atoms with E-state index in [1.807, 2.05) is 25.1 Å². The molecule has 2 rings (SSSR count). The van der Waals surface area contributed by atoms with Crippen molar-refractivity contribution in [3.05, 3.63) is 40.3 Å². The van der Waals surface area contributed by atoms with Crippen LogP contribution in [0.4, 0.5) is 0 Å². The van der Waals surface area contributed by atoms with Gasteiger partial charge >= 0.3 is 0 Å². The Morgan fingerprint density at radius 3 is 2.85 bits per heavy atom. The molecule has 1 aromatic carbocycles. The van der Waals surface area contributed by atoms with Crippen molar-refractivity contribution in [1.29, 1.82) is 0 Å². The van der Waals surface area contributed by atoms with E-state index in [0.29, 0.717) is 0 Å². The Morgan fingerprint density at radius 2 is 2.08 bits per heavy atom. The van der Waals surface area contributed by atoms with Gasteiger partial charge in [0.15, 0.2) is 0 Å². The zero-order chi connectivity index (χ0) is 9.42. The average Bonchev–Trinajstić information content (AvgIpc) is 2.12. The Bertz CT molecular complexity index is 514. The number of aromatic nitrogens is 2. The summed E-state index contributed by atoms with van der Waals surface area (Å²) in [6.07, 6.45) is 1.73. The van der Waals surface area contributed by atoms with Gasteiger partial charge in [0, 0.05) is 12.4 Å². The average molecular weight is 174 g/mol. The SMILES string of the molecule is Cc1cccc2c(=O)n(C)ncc12. The van der Waals surface area contributed by atoms with E-state index in [9.17, 15) is 4.79 Å². The smallest absolute Gasteiger partial charge is 0.267 e. The van der Waals surface area contributed by atoms with E-state index in [2.05, 4.69) is 5.10 Å². The van der Waals surface area contributed by atoms with Crippen LogP contribution in [-0.4, -0.2) is 9.78 Å². The summed E-state index contributed by atoms with van der Waals surface area (Å²) in [6.45, 7) is 1.98. The first kappa shape index (κ1) is 7.98. The van der Waals surface area contributed by atoms with Crippen LogP contribution in [0.2, 0.25) is 0 Å². The van der Waals surface area contributed by atoms with Gasteiger partial charge in [0.2, 0.25) is 0 Å². The summed E-state index contributed by atoms with van der Waals surface area (Å²) in [7, 11) is 1.66. The summed E-state index contributed by atoms with van der Waals surface area (Å²) in [4.78, 5) is 11.6. The third kappa shape index (κ3) is 1.13. The predicted molar refractivity (Wildman–Crippen MR) is 51.7 cm³/mol. The molecule has 0 radical (unpaired) electrons. The second-order valence-electron chi connectivity index (χ2n) is 3.11. The van der Waals surface area contributed by atoms with Crippen LogP contribution < -0.4 is 5.56 Å². The molecule has 0 spiro atoms. The Morgan fingerprint density at radius 1 is 1.31 bits per heavy atom. The van der Waals surface area contributed by atoms with Gasteiger partial charge in [0.1, 0.15) is 0 Å². The molecule has 0 N–H and O–H groups in total. The number of hydrogen-bond donors (Lipinski definition) is 0. The topological polar surface area (TPSA) is 34.9 Å². The fourth-order valence-corrected chi connectivity index (χ4v) is 1.41. The monoisotopic (exact) mass is 174 g/mol. The maximum atomic E-state index is 11.6. The van der Waals surface area contributed by atoms with Gasteiger partial charge < -0.3 is 0 Å². The van der Waals surface area contributed by atoms with Crippen molar-refractivity contribution in [1.82, 2.24) is 9.78 Å². The highest BCUT2D eigenvalue weighted by Crippen LogP contribution is 2.12. The summed E-state index contributed by atoms with van der Waals surface area (Å²) in [6, 6.07) is 5.69. The van der Waals surface area contributed by atoms with Gasteiger partial charge in [-0.25, -0.2) is 4.68 Å². The molecular formula is C10H10N2O. The summed E-state index contributed by atoms with van der Waals surface area (Å²) in [5.41, 5.74) is 1.05. The lowest BCUT2D eigenvalue weighted by Crippen LogP contribution is -2.19. The van der Waals surface area contributed by atoms with E-state index in [4.69, 9.17) is 0 Å². The third-order valence-corrected chi connectivity index (χ3v) is 2.21. The zero-order valence-corrected chi connectivity index (χ0v) is 7.61. The molecule has 0 fully saturated rings. The van der Waals surface area contributed by atoms with E-state index in [1.165, 1.54) is 4.68 Å². The first-order valence-corrected chi connectivity index (χ1v) is 4.12. The molecule has 0 unspecified atom stereocenters. The maximum Gasteiger partial charge on any atom is 0.274 e. The minimum atomic E-state index is -0.0406. The van der Waals surface area contributed by atoms with Gasteiger partial charge in [-0.2, -0.15) is 5.10 Å². The molecule has 3 nitrogen and oxygen atoms in total. The molecule has 0 atom stereocenters. The quantitative estimate of drug-likeness (QED) is 0.602. The summed E-state index contributed by atoms with van der Waals surface area (Å²) in [5, 5.41) is 5.64. The number of benzene rings is 1. The molecule has 13 heavy (non-hydrogen) atoms. The van der Waals surface area contributed by atoms with Crippen LogP contribution in [0.3, 0.4) is 0 Å². The van der Waals surface area contributed by atoms with Crippen LogP contribution in [0.5, 0.6) is 0 Å². The minimum absolute atomic E-state index is 0.0406. The normalized spacial score (nSPS) is 10.6. The highest BCUT2D eigenvalue weighted by atomic mass is 16.1. The molecule has 0 saturated heterocycles. The lowest BCUT2D eigenvalue weighted by Gasteiger charge is -2.01. The van der Waals surface area contributed by atoms with Gasteiger partial charge in [0.05, 0.1) is 11.6 Å². The van der Waals surface area contributed by atoms with Crippen molar-refractivity contribution in [3.63, 3.8) is 0 Å². The minimum Gasteiger partial charge on any atom is -0.267 e. The van der Waals surface area contributed by atoms with E-state index < -0.39 is 0 Å². The van der Waals surface area contributed by atoms with Crippen LogP contribution in [0.1, 0.15) is 5.56 Å². The maximum absolute atomic E-state index is 11.6. The number of rotatable bonds is 0. The zero-order valence-electron chi connectivity index (χ0n) is 7.61. The lowest BCUT2D eigenvalue weighted by molar-refractivity contribution is 0.718. The lowest BCUT2D eigenvalue weighted by atomic mass is 10.1. The molecule has 0 amide bonds. The Labute approximate surface area is 75.6 Å². The molecule has 0 aliphatic rings. The number of nitrogens with zero attached hydrogens (tertiary/aromatic N) is 2. The number of fused-ring (bicyclic) bond motifs is 1. The molecule has 66 valence electrons. The van der Waals surface area contributed by atoms with Gasteiger partial charge in [-0.3, -0.25) is 4.79 Å². The summed E-state index contributed by atoms with van der Waals surface area (Å²) < 4.78 is 1.35. The fraction of sp³-hybridized carbons (Fsp3) is 0.200. The van der Waals surface area contributed by atoms with Crippen molar-refractivity contribution in [3.8, 4) is 0 Å². The summed E-state index contributed by atoms with van der Waals surface area (Å²) in [5.74, 6) is 0. The van der Waals surface area contributed by atoms with Crippen molar-refractivity contribution < 1.29 is 0 Å². The Kier molecular flexibility index (Phi) is 1.65. The Hall–Kier alpha value is -1.64. The van der Waals surface area contributed by atoms with Crippen LogP contribution in [0.15, 0.2) is 29.2 Å². The molecule has 0 aliphatic heterocycles. The number of aryl methyl sites for hydroxylation is 2. The van der Waals surface area contributed by atoms with Crippen LogP contribution >= 0.6 is 0 Å². The second kappa shape index (κ2) is 2.69. The first-order chi connectivity index (χ1) is 6.20. The van der Waals surface area contributed by atoms with Crippen molar-refractivity contribution in [2.45, 2.75) is 6.92 Å². The molecule has 0 aliphatic carbocycles. The van der Waals surface area contributed by atoms with E-state index in [1.54, 1.807) is 13.2 Å². The van der Waals surface area contributed by atoms with Gasteiger partial charge in [-0.05, 0) is 18.6 Å². The van der Waals surface area contributed by atoms with Crippen LogP contribution in [-0.2, 0) is 7.05 Å². The molecule has 3 heteroatoms. The first-order valence-electron chi connectivity index (χ1n) is 4.12. The second-order valence-corrected chi connectivity index (χ2v) is 3.11. The van der Waals surface area contributed by atoms with Crippen LogP contribution in [0, 0.1) is 6.92 Å². The molecule has 1 aromatic heterocycles. The fourth-order valence-electron chi connectivity index (χ4n) is 1.41. The molecule has 1 heterocycles. The highest BCUT2D eigenvalue weighted by molar-refractivity contribution is 5.83. The van der Waals surface area contributed by atoms with Crippen molar-refractivity contribution in [2.24, 2.45) is 7.05 Å². The van der Waals surface area contributed by atoms with Crippen LogP contribution in [0.25, 0.3) is 10.8 Å².